The fourth-order valence-corrected chi connectivity index (χ4v) is 1.76. The van der Waals surface area contributed by atoms with E-state index in [0.717, 1.165) is 12.0 Å². The van der Waals surface area contributed by atoms with Crippen LogP contribution in [0.2, 0.25) is 0 Å². The van der Waals surface area contributed by atoms with Gasteiger partial charge in [0.15, 0.2) is 5.95 Å². The van der Waals surface area contributed by atoms with Crippen molar-refractivity contribution in [1.29, 1.82) is 0 Å². The quantitative estimate of drug-likeness (QED) is 0.861. The van der Waals surface area contributed by atoms with E-state index < -0.39 is 0 Å². The Bertz CT molecular complexity index is 461. The summed E-state index contributed by atoms with van der Waals surface area (Å²) >= 11 is 0. The minimum atomic E-state index is -0.210. The molecule has 2 rings (SSSR count). The average Bonchev–Trinajstić information content (AvgIpc) is 2.68. The van der Waals surface area contributed by atoms with Gasteiger partial charge in [-0.15, -0.1) is 0 Å². The molecule has 1 atom stereocenters. The Kier molecular flexibility index (Phi) is 2.90. The van der Waals surface area contributed by atoms with Crippen LogP contribution < -0.4 is 5.73 Å². The molecule has 0 bridgehead atoms. The number of hydrogen-bond donors (Lipinski definition) is 1. The van der Waals surface area contributed by atoms with E-state index in [4.69, 9.17) is 5.73 Å². The molecular formula is C12H14FN3. The van der Waals surface area contributed by atoms with Crippen LogP contribution in [0.3, 0.4) is 0 Å². The number of aromatic nitrogens is 2. The number of nitrogens with zero attached hydrogens (tertiary/aromatic N) is 2. The van der Waals surface area contributed by atoms with Gasteiger partial charge in [0, 0.05) is 18.4 Å². The van der Waals surface area contributed by atoms with Crippen molar-refractivity contribution in [2.24, 2.45) is 0 Å². The molecule has 2 N–H and O–H groups in total. The zero-order valence-corrected chi connectivity index (χ0v) is 9.10. The Morgan fingerprint density at radius 2 is 2.06 bits per heavy atom. The molecule has 3 nitrogen and oxygen atoms in total. The van der Waals surface area contributed by atoms with E-state index in [-0.39, 0.29) is 11.9 Å². The van der Waals surface area contributed by atoms with Crippen molar-refractivity contribution in [1.82, 2.24) is 9.55 Å². The first-order valence-corrected chi connectivity index (χ1v) is 5.19. The highest BCUT2D eigenvalue weighted by Gasteiger charge is 2.08. The Morgan fingerprint density at radius 1 is 1.38 bits per heavy atom. The van der Waals surface area contributed by atoms with Crippen molar-refractivity contribution < 1.29 is 4.39 Å². The molecular weight excluding hydrogens is 205 g/mol. The van der Waals surface area contributed by atoms with Gasteiger partial charge in [-0.25, -0.2) is 9.37 Å². The molecule has 1 heterocycles. The molecule has 4 heteroatoms. The minimum absolute atomic E-state index is 0.210. The summed E-state index contributed by atoms with van der Waals surface area (Å²) in [5.41, 5.74) is 6.80. The molecule has 1 aromatic carbocycles. The maximum atomic E-state index is 12.7. The summed E-state index contributed by atoms with van der Waals surface area (Å²) in [6.45, 7) is 2.06. The van der Waals surface area contributed by atoms with Gasteiger partial charge in [-0.1, -0.05) is 12.1 Å². The summed E-state index contributed by atoms with van der Waals surface area (Å²) in [6.07, 6.45) is 4.33. The highest BCUT2D eigenvalue weighted by atomic mass is 19.1. The number of anilines is 1. The molecule has 0 aliphatic heterocycles. The topological polar surface area (TPSA) is 43.8 Å². The summed E-state index contributed by atoms with van der Waals surface area (Å²) in [4.78, 5) is 3.97. The number of nitrogen functional groups attached to an aromatic ring is 1. The van der Waals surface area contributed by atoms with E-state index >= 15 is 0 Å². The lowest BCUT2D eigenvalue weighted by Crippen LogP contribution is -2.10. The number of hydrogen-bond acceptors (Lipinski definition) is 2. The van der Waals surface area contributed by atoms with E-state index in [9.17, 15) is 4.39 Å². The van der Waals surface area contributed by atoms with Crippen molar-refractivity contribution >= 4 is 5.95 Å². The Hall–Kier alpha value is -1.84. The fourth-order valence-electron chi connectivity index (χ4n) is 1.76. The highest BCUT2D eigenvalue weighted by molar-refractivity contribution is 5.21. The predicted molar refractivity (Wildman–Crippen MR) is 61.5 cm³/mol. The normalized spacial score (nSPS) is 12.6. The van der Waals surface area contributed by atoms with Gasteiger partial charge in [-0.05, 0) is 31.0 Å². The third-order valence-corrected chi connectivity index (χ3v) is 2.62. The van der Waals surface area contributed by atoms with Crippen LogP contribution in [0.4, 0.5) is 10.3 Å². The minimum Gasteiger partial charge on any atom is -0.369 e. The van der Waals surface area contributed by atoms with Crippen molar-refractivity contribution in [3.05, 3.63) is 48.0 Å². The lowest BCUT2D eigenvalue weighted by atomic mass is 10.1. The maximum Gasteiger partial charge on any atom is 0.200 e. The van der Waals surface area contributed by atoms with Gasteiger partial charge >= 0.3 is 0 Å². The number of nitrogens with two attached hydrogens (primary N) is 1. The lowest BCUT2D eigenvalue weighted by molar-refractivity contribution is 0.550. The van der Waals surface area contributed by atoms with E-state index in [1.165, 1.54) is 12.1 Å². The molecule has 1 unspecified atom stereocenters. The van der Waals surface area contributed by atoms with Gasteiger partial charge in [-0.3, -0.25) is 0 Å². The van der Waals surface area contributed by atoms with E-state index in [1.54, 1.807) is 18.3 Å². The van der Waals surface area contributed by atoms with Gasteiger partial charge in [0.1, 0.15) is 5.82 Å². The number of rotatable bonds is 3. The molecule has 84 valence electrons. The van der Waals surface area contributed by atoms with Crippen LogP contribution in [0.1, 0.15) is 18.5 Å². The second-order valence-corrected chi connectivity index (χ2v) is 3.87. The van der Waals surface area contributed by atoms with E-state index in [2.05, 4.69) is 11.9 Å². The fraction of sp³-hybridized carbons (Fsp3) is 0.250. The van der Waals surface area contributed by atoms with E-state index in [1.807, 2.05) is 10.8 Å². The molecule has 0 aliphatic rings. The van der Waals surface area contributed by atoms with Crippen LogP contribution in [0.5, 0.6) is 0 Å². The standard InChI is InChI=1S/C12H14FN3/c1-9(16-7-6-15-12(16)14)8-10-2-4-11(13)5-3-10/h2-7,9H,8H2,1H3,(H2,14,15). The van der Waals surface area contributed by atoms with Crippen molar-refractivity contribution in [2.45, 2.75) is 19.4 Å². The SMILES string of the molecule is CC(Cc1ccc(F)cc1)n1ccnc1N. The molecule has 0 saturated heterocycles. The summed E-state index contributed by atoms with van der Waals surface area (Å²) in [5.74, 6) is 0.299. The summed E-state index contributed by atoms with van der Waals surface area (Å²) in [6, 6.07) is 6.74. The molecule has 0 fully saturated rings. The number of halogens is 1. The van der Waals surface area contributed by atoms with Crippen LogP contribution in [0.15, 0.2) is 36.7 Å². The maximum absolute atomic E-state index is 12.7. The predicted octanol–water partition coefficient (Wildman–Crippen LogP) is 2.41. The molecule has 0 amide bonds. The zero-order valence-electron chi connectivity index (χ0n) is 9.10. The second kappa shape index (κ2) is 4.35. The zero-order chi connectivity index (χ0) is 11.5. The van der Waals surface area contributed by atoms with Gasteiger partial charge in [-0.2, -0.15) is 0 Å². The smallest absolute Gasteiger partial charge is 0.200 e. The molecule has 0 spiro atoms. The summed E-state index contributed by atoms with van der Waals surface area (Å²) in [5, 5.41) is 0. The third kappa shape index (κ3) is 2.21. The Balaban J connectivity index is 2.10. The summed E-state index contributed by atoms with van der Waals surface area (Å²) < 4.78 is 14.6. The van der Waals surface area contributed by atoms with Crippen LogP contribution in [-0.2, 0) is 6.42 Å². The highest BCUT2D eigenvalue weighted by Crippen LogP contribution is 2.16. The molecule has 0 radical (unpaired) electrons. The Morgan fingerprint density at radius 3 is 2.62 bits per heavy atom. The number of imidazole rings is 1. The van der Waals surface area contributed by atoms with Crippen LogP contribution in [0, 0.1) is 5.82 Å². The van der Waals surface area contributed by atoms with Crippen molar-refractivity contribution in [3.63, 3.8) is 0 Å². The Labute approximate surface area is 93.7 Å². The molecule has 16 heavy (non-hydrogen) atoms. The van der Waals surface area contributed by atoms with Gasteiger partial charge in [0.2, 0.25) is 0 Å². The first-order valence-electron chi connectivity index (χ1n) is 5.19. The first-order chi connectivity index (χ1) is 7.66. The molecule has 1 aromatic heterocycles. The van der Waals surface area contributed by atoms with Crippen molar-refractivity contribution in [2.75, 3.05) is 5.73 Å². The lowest BCUT2D eigenvalue weighted by Gasteiger charge is -2.14. The van der Waals surface area contributed by atoms with Crippen LogP contribution in [0.25, 0.3) is 0 Å². The van der Waals surface area contributed by atoms with Gasteiger partial charge in [0.05, 0.1) is 0 Å². The van der Waals surface area contributed by atoms with Gasteiger partial charge in [0.25, 0.3) is 0 Å². The average molecular weight is 219 g/mol. The first kappa shape index (κ1) is 10.7. The van der Waals surface area contributed by atoms with Crippen LogP contribution >= 0.6 is 0 Å². The van der Waals surface area contributed by atoms with E-state index in [0.29, 0.717) is 5.95 Å². The second-order valence-electron chi connectivity index (χ2n) is 3.87. The largest absolute Gasteiger partial charge is 0.369 e. The van der Waals surface area contributed by atoms with Gasteiger partial charge < -0.3 is 10.3 Å². The molecule has 0 saturated carbocycles. The monoisotopic (exact) mass is 219 g/mol. The third-order valence-electron chi connectivity index (χ3n) is 2.62. The van der Waals surface area contributed by atoms with Crippen LogP contribution in [-0.4, -0.2) is 9.55 Å². The summed E-state index contributed by atoms with van der Waals surface area (Å²) in [7, 11) is 0. The van der Waals surface area contributed by atoms with Crippen molar-refractivity contribution in [3.8, 4) is 0 Å². The molecule has 2 aromatic rings. The number of benzene rings is 1. The molecule has 0 aliphatic carbocycles.